The van der Waals surface area contributed by atoms with Gasteiger partial charge in [-0.1, -0.05) is 12.1 Å². The standard InChI is InChI=1S/C17H21N3O2/c1-17(2,3)20-16(21)12-9-13(11-18-10-12)19-14-7-5-6-8-15(14)22-4/h5-11,19H,1-4H3,(H,20,21). The van der Waals surface area contributed by atoms with Crippen molar-refractivity contribution in [3.63, 3.8) is 0 Å². The van der Waals surface area contributed by atoms with Crippen LogP contribution in [0.1, 0.15) is 31.1 Å². The van der Waals surface area contributed by atoms with Gasteiger partial charge in [0.25, 0.3) is 5.91 Å². The molecule has 1 aromatic carbocycles. The zero-order chi connectivity index (χ0) is 16.2. The summed E-state index contributed by atoms with van der Waals surface area (Å²) in [5, 5.41) is 6.13. The Balaban J connectivity index is 2.20. The minimum Gasteiger partial charge on any atom is -0.495 e. The fourth-order valence-electron chi connectivity index (χ4n) is 1.95. The Bertz CT molecular complexity index is 663. The van der Waals surface area contributed by atoms with E-state index >= 15 is 0 Å². The number of para-hydroxylation sites is 2. The fourth-order valence-corrected chi connectivity index (χ4v) is 1.95. The second kappa shape index (κ2) is 6.47. The normalized spacial score (nSPS) is 10.9. The number of benzene rings is 1. The monoisotopic (exact) mass is 299 g/mol. The van der Waals surface area contributed by atoms with Crippen molar-refractivity contribution >= 4 is 17.3 Å². The highest BCUT2D eigenvalue weighted by Gasteiger charge is 2.16. The molecule has 0 atom stereocenters. The highest BCUT2D eigenvalue weighted by Crippen LogP contribution is 2.26. The Labute approximate surface area is 130 Å². The second-order valence-electron chi connectivity index (χ2n) is 5.99. The number of hydrogen-bond acceptors (Lipinski definition) is 4. The molecule has 0 unspecified atom stereocenters. The summed E-state index contributed by atoms with van der Waals surface area (Å²) in [5.74, 6) is 0.579. The first-order chi connectivity index (χ1) is 10.4. The third kappa shape index (κ3) is 4.22. The Morgan fingerprint density at radius 1 is 1.18 bits per heavy atom. The van der Waals surface area contributed by atoms with Crippen molar-refractivity contribution in [2.75, 3.05) is 12.4 Å². The summed E-state index contributed by atoms with van der Waals surface area (Å²) in [6.45, 7) is 5.82. The lowest BCUT2D eigenvalue weighted by atomic mass is 10.1. The van der Waals surface area contributed by atoms with Crippen LogP contribution in [0.4, 0.5) is 11.4 Å². The van der Waals surface area contributed by atoms with Gasteiger partial charge in [0.2, 0.25) is 0 Å². The number of hydrogen-bond donors (Lipinski definition) is 2. The van der Waals surface area contributed by atoms with Crippen LogP contribution in [0.15, 0.2) is 42.7 Å². The summed E-state index contributed by atoms with van der Waals surface area (Å²) in [6, 6.07) is 9.34. The van der Waals surface area contributed by atoms with E-state index < -0.39 is 0 Å². The SMILES string of the molecule is COc1ccccc1Nc1cncc(C(=O)NC(C)(C)C)c1. The first kappa shape index (κ1) is 15.8. The molecule has 0 aliphatic rings. The number of carbonyl (C=O) groups is 1. The lowest BCUT2D eigenvalue weighted by Crippen LogP contribution is -2.40. The number of nitrogens with one attached hydrogen (secondary N) is 2. The van der Waals surface area contributed by atoms with Gasteiger partial charge >= 0.3 is 0 Å². The van der Waals surface area contributed by atoms with E-state index in [4.69, 9.17) is 4.74 Å². The van der Waals surface area contributed by atoms with Crippen LogP contribution in [0, 0.1) is 0 Å². The molecule has 5 heteroatoms. The number of pyridine rings is 1. The Morgan fingerprint density at radius 3 is 2.59 bits per heavy atom. The first-order valence-electron chi connectivity index (χ1n) is 7.06. The van der Waals surface area contributed by atoms with E-state index in [0.29, 0.717) is 5.56 Å². The number of nitrogens with zero attached hydrogens (tertiary/aromatic N) is 1. The van der Waals surface area contributed by atoms with Crippen LogP contribution in [-0.2, 0) is 0 Å². The summed E-state index contributed by atoms with van der Waals surface area (Å²) < 4.78 is 5.30. The van der Waals surface area contributed by atoms with E-state index in [1.807, 2.05) is 45.0 Å². The van der Waals surface area contributed by atoms with E-state index in [1.165, 1.54) is 0 Å². The number of rotatable bonds is 4. The van der Waals surface area contributed by atoms with Gasteiger partial charge in [-0.2, -0.15) is 0 Å². The maximum Gasteiger partial charge on any atom is 0.253 e. The second-order valence-corrected chi connectivity index (χ2v) is 5.99. The molecule has 0 spiro atoms. The average Bonchev–Trinajstić information content (AvgIpc) is 2.46. The van der Waals surface area contributed by atoms with Gasteiger partial charge in [-0.3, -0.25) is 9.78 Å². The summed E-state index contributed by atoms with van der Waals surface area (Å²) in [5.41, 5.74) is 1.77. The van der Waals surface area contributed by atoms with Crippen LogP contribution >= 0.6 is 0 Å². The van der Waals surface area contributed by atoms with E-state index in [0.717, 1.165) is 17.1 Å². The Hall–Kier alpha value is -2.56. The summed E-state index contributed by atoms with van der Waals surface area (Å²) in [6.07, 6.45) is 3.22. The van der Waals surface area contributed by atoms with Gasteiger partial charge in [-0.15, -0.1) is 0 Å². The lowest BCUT2D eigenvalue weighted by molar-refractivity contribution is 0.0919. The van der Waals surface area contributed by atoms with Crippen molar-refractivity contribution < 1.29 is 9.53 Å². The minimum atomic E-state index is -0.289. The molecule has 1 aromatic heterocycles. The van der Waals surface area contributed by atoms with Crippen molar-refractivity contribution in [2.45, 2.75) is 26.3 Å². The predicted molar refractivity (Wildman–Crippen MR) is 87.7 cm³/mol. The molecule has 0 fully saturated rings. The molecule has 116 valence electrons. The zero-order valence-electron chi connectivity index (χ0n) is 13.3. The van der Waals surface area contributed by atoms with Crippen molar-refractivity contribution in [2.24, 2.45) is 0 Å². The molecule has 0 aliphatic carbocycles. The van der Waals surface area contributed by atoms with E-state index in [2.05, 4.69) is 15.6 Å². The summed E-state index contributed by atoms with van der Waals surface area (Å²) in [4.78, 5) is 16.3. The van der Waals surface area contributed by atoms with Gasteiger partial charge in [0, 0.05) is 11.7 Å². The highest BCUT2D eigenvalue weighted by molar-refractivity contribution is 5.95. The molecule has 1 amide bonds. The Morgan fingerprint density at radius 2 is 1.91 bits per heavy atom. The molecular weight excluding hydrogens is 278 g/mol. The quantitative estimate of drug-likeness (QED) is 0.908. The van der Waals surface area contributed by atoms with Crippen LogP contribution in [-0.4, -0.2) is 23.5 Å². The minimum absolute atomic E-state index is 0.149. The van der Waals surface area contributed by atoms with E-state index in [9.17, 15) is 4.79 Å². The molecule has 0 bridgehead atoms. The van der Waals surface area contributed by atoms with Crippen LogP contribution in [0.5, 0.6) is 5.75 Å². The number of aromatic nitrogens is 1. The maximum absolute atomic E-state index is 12.2. The van der Waals surface area contributed by atoms with Gasteiger partial charge in [0.1, 0.15) is 5.75 Å². The Kier molecular flexibility index (Phi) is 4.65. The van der Waals surface area contributed by atoms with E-state index in [-0.39, 0.29) is 11.4 Å². The van der Waals surface area contributed by atoms with Crippen LogP contribution < -0.4 is 15.4 Å². The molecule has 0 radical (unpaired) electrons. The number of carbonyl (C=O) groups excluding carboxylic acids is 1. The molecular formula is C17H21N3O2. The maximum atomic E-state index is 12.2. The smallest absolute Gasteiger partial charge is 0.253 e. The molecule has 2 aromatic rings. The molecule has 0 aliphatic heterocycles. The van der Waals surface area contributed by atoms with E-state index in [1.54, 1.807) is 25.6 Å². The highest BCUT2D eigenvalue weighted by atomic mass is 16.5. The fraction of sp³-hybridized carbons (Fsp3) is 0.294. The number of anilines is 2. The van der Waals surface area contributed by atoms with Gasteiger partial charge in [-0.05, 0) is 39.0 Å². The van der Waals surface area contributed by atoms with Gasteiger partial charge in [-0.25, -0.2) is 0 Å². The van der Waals surface area contributed by atoms with Crippen molar-refractivity contribution in [3.8, 4) is 5.75 Å². The largest absolute Gasteiger partial charge is 0.495 e. The van der Waals surface area contributed by atoms with Crippen LogP contribution in [0.2, 0.25) is 0 Å². The number of amides is 1. The predicted octanol–water partition coefficient (Wildman–Crippen LogP) is 3.36. The molecule has 22 heavy (non-hydrogen) atoms. The topological polar surface area (TPSA) is 63.2 Å². The van der Waals surface area contributed by atoms with Crippen molar-refractivity contribution in [1.82, 2.24) is 10.3 Å². The molecule has 5 nitrogen and oxygen atoms in total. The van der Waals surface area contributed by atoms with Crippen molar-refractivity contribution in [1.29, 1.82) is 0 Å². The van der Waals surface area contributed by atoms with Gasteiger partial charge in [0.05, 0.1) is 30.2 Å². The number of ether oxygens (including phenoxy) is 1. The molecule has 0 saturated carbocycles. The lowest BCUT2D eigenvalue weighted by Gasteiger charge is -2.20. The van der Waals surface area contributed by atoms with Crippen LogP contribution in [0.3, 0.4) is 0 Å². The summed E-state index contributed by atoms with van der Waals surface area (Å²) in [7, 11) is 1.62. The van der Waals surface area contributed by atoms with Gasteiger partial charge in [0.15, 0.2) is 0 Å². The van der Waals surface area contributed by atoms with Crippen molar-refractivity contribution in [3.05, 3.63) is 48.3 Å². The third-order valence-corrected chi connectivity index (χ3v) is 2.87. The average molecular weight is 299 g/mol. The number of methoxy groups -OCH3 is 1. The third-order valence-electron chi connectivity index (χ3n) is 2.87. The first-order valence-corrected chi connectivity index (χ1v) is 7.06. The van der Waals surface area contributed by atoms with Gasteiger partial charge < -0.3 is 15.4 Å². The molecule has 2 rings (SSSR count). The molecule has 0 saturated heterocycles. The van der Waals surface area contributed by atoms with Crippen LogP contribution in [0.25, 0.3) is 0 Å². The summed E-state index contributed by atoms with van der Waals surface area (Å²) >= 11 is 0. The zero-order valence-corrected chi connectivity index (χ0v) is 13.3. The molecule has 1 heterocycles. The molecule has 2 N–H and O–H groups in total.